The van der Waals surface area contributed by atoms with E-state index in [0.717, 1.165) is 81.4 Å². The Balaban J connectivity index is 1.34. The summed E-state index contributed by atoms with van der Waals surface area (Å²) in [5.74, 6) is 1.22. The predicted molar refractivity (Wildman–Crippen MR) is 159 cm³/mol. The van der Waals surface area contributed by atoms with Gasteiger partial charge in [-0.2, -0.15) is 5.10 Å². The number of pyridine rings is 1. The molecule has 39 heavy (non-hydrogen) atoms. The fourth-order valence-corrected chi connectivity index (χ4v) is 7.24. The van der Waals surface area contributed by atoms with Crippen molar-refractivity contribution in [2.75, 3.05) is 44.3 Å². The van der Waals surface area contributed by atoms with Crippen molar-refractivity contribution in [3.8, 4) is 17.1 Å². The smallest absolute Gasteiger partial charge is 0.156 e. The van der Waals surface area contributed by atoms with E-state index in [0.29, 0.717) is 5.92 Å². The van der Waals surface area contributed by atoms with Crippen molar-refractivity contribution in [1.82, 2.24) is 19.7 Å². The van der Waals surface area contributed by atoms with E-state index < -0.39 is 5.60 Å². The summed E-state index contributed by atoms with van der Waals surface area (Å²) < 4.78 is 8.85. The number of benzene rings is 1. The van der Waals surface area contributed by atoms with Gasteiger partial charge in [0.2, 0.25) is 0 Å². The van der Waals surface area contributed by atoms with Gasteiger partial charge in [0.15, 0.2) is 5.82 Å². The lowest BCUT2D eigenvalue weighted by Gasteiger charge is -2.37. The van der Waals surface area contributed by atoms with Crippen molar-refractivity contribution < 1.29 is 9.84 Å². The monoisotopic (exact) mass is 545 g/mol. The van der Waals surface area contributed by atoms with Crippen LogP contribution >= 0.6 is 11.3 Å². The highest BCUT2D eigenvalue weighted by Gasteiger charge is 2.31. The van der Waals surface area contributed by atoms with E-state index in [4.69, 9.17) is 14.8 Å². The molecule has 0 aliphatic carbocycles. The number of aromatic nitrogens is 3. The summed E-state index contributed by atoms with van der Waals surface area (Å²) >= 11 is 1.89. The van der Waals surface area contributed by atoms with Gasteiger partial charge in [0.1, 0.15) is 0 Å². The van der Waals surface area contributed by atoms with Gasteiger partial charge in [-0.3, -0.25) is 4.90 Å². The zero-order chi connectivity index (χ0) is 27.1. The summed E-state index contributed by atoms with van der Waals surface area (Å²) in [7, 11) is 0. The summed E-state index contributed by atoms with van der Waals surface area (Å²) in [5, 5.41) is 15.4. The number of hydrogen-bond donors (Lipinski definition) is 1. The van der Waals surface area contributed by atoms with E-state index in [2.05, 4.69) is 60.0 Å². The molecule has 0 unspecified atom stereocenters. The topological polar surface area (TPSA) is 66.7 Å². The Bertz CT molecular complexity index is 1460. The third kappa shape index (κ3) is 5.48. The van der Waals surface area contributed by atoms with Gasteiger partial charge in [-0.05, 0) is 77.2 Å². The molecular weight excluding hydrogens is 506 g/mol. The molecule has 5 heterocycles. The van der Waals surface area contributed by atoms with Crippen molar-refractivity contribution in [3.05, 3.63) is 58.6 Å². The number of aliphatic hydroxyl groups is 1. The third-order valence-corrected chi connectivity index (χ3v) is 9.67. The summed E-state index contributed by atoms with van der Waals surface area (Å²) in [6, 6.07) is 12.7. The van der Waals surface area contributed by atoms with Gasteiger partial charge in [-0.1, -0.05) is 23.8 Å². The van der Waals surface area contributed by atoms with Crippen LogP contribution in [0.2, 0.25) is 0 Å². The highest BCUT2D eigenvalue weighted by atomic mass is 32.1. The second-order valence-corrected chi connectivity index (χ2v) is 12.8. The number of aryl methyl sites for hydroxylation is 2. The lowest BCUT2D eigenvalue weighted by Crippen LogP contribution is -2.41. The molecule has 6 rings (SSSR count). The molecule has 2 aliphatic rings. The summed E-state index contributed by atoms with van der Waals surface area (Å²) in [4.78, 5) is 11.5. The number of fused-ring (bicyclic) bond motifs is 1. The van der Waals surface area contributed by atoms with E-state index in [1.807, 2.05) is 36.1 Å². The fraction of sp³-hybridized carbons (Fsp3) is 0.484. The van der Waals surface area contributed by atoms with Crippen LogP contribution < -0.4 is 4.90 Å². The van der Waals surface area contributed by atoms with Crippen LogP contribution in [0.5, 0.6) is 0 Å². The van der Waals surface area contributed by atoms with Crippen molar-refractivity contribution in [2.45, 2.75) is 52.7 Å². The molecule has 2 aliphatic heterocycles. The first-order valence-corrected chi connectivity index (χ1v) is 14.9. The Morgan fingerprint density at radius 3 is 2.54 bits per heavy atom. The number of piperidine rings is 1. The van der Waals surface area contributed by atoms with Gasteiger partial charge in [-0.15, -0.1) is 11.3 Å². The molecule has 0 bridgehead atoms. The number of nitrogens with zero attached hydrogens (tertiary/aromatic N) is 5. The molecular formula is C31H39N5O2S. The molecule has 2 fully saturated rings. The van der Waals surface area contributed by atoms with E-state index in [-0.39, 0.29) is 0 Å². The Morgan fingerprint density at radius 2 is 1.82 bits per heavy atom. The number of likely N-dealkylation sites (tertiary alicyclic amines) is 1. The largest absolute Gasteiger partial charge is 0.390 e. The first kappa shape index (κ1) is 26.4. The van der Waals surface area contributed by atoms with E-state index in [1.54, 1.807) is 0 Å². The maximum atomic E-state index is 10.5. The van der Waals surface area contributed by atoms with Crippen LogP contribution in [0.3, 0.4) is 0 Å². The first-order valence-electron chi connectivity index (χ1n) is 14.1. The number of hydrogen-bond acceptors (Lipinski definition) is 7. The zero-order valence-electron chi connectivity index (χ0n) is 23.5. The van der Waals surface area contributed by atoms with Crippen LogP contribution in [-0.4, -0.2) is 69.8 Å². The second-order valence-electron chi connectivity index (χ2n) is 11.6. The first-order chi connectivity index (χ1) is 18.8. The lowest BCUT2D eigenvalue weighted by atomic mass is 9.83. The molecule has 7 nitrogen and oxygen atoms in total. The minimum Gasteiger partial charge on any atom is -0.390 e. The molecule has 1 N–H and O–H groups in total. The zero-order valence-corrected chi connectivity index (χ0v) is 24.3. The predicted octanol–water partition coefficient (Wildman–Crippen LogP) is 5.59. The molecule has 0 amide bonds. The fourth-order valence-electron chi connectivity index (χ4n) is 5.91. The van der Waals surface area contributed by atoms with Crippen LogP contribution in [0.4, 0.5) is 5.69 Å². The number of anilines is 1. The summed E-state index contributed by atoms with van der Waals surface area (Å²) in [6.07, 6.45) is 4.10. The molecule has 0 saturated carbocycles. The Morgan fingerprint density at radius 1 is 1.05 bits per heavy atom. The van der Waals surface area contributed by atoms with Crippen molar-refractivity contribution >= 4 is 27.2 Å². The SMILES string of the molecule is Cc1cccc(-c2ccn(-c3cc(N4CCOCC4)c4sc(CN5CCC(C(C)(C)O)CC5)c(C)c4n3)n2)c1. The van der Waals surface area contributed by atoms with Gasteiger partial charge in [0.05, 0.1) is 40.4 Å². The Labute approximate surface area is 235 Å². The number of morpholine rings is 1. The highest BCUT2D eigenvalue weighted by molar-refractivity contribution is 7.19. The lowest BCUT2D eigenvalue weighted by molar-refractivity contribution is -0.0135. The molecule has 2 saturated heterocycles. The van der Waals surface area contributed by atoms with Gasteiger partial charge in [0.25, 0.3) is 0 Å². The molecule has 8 heteroatoms. The molecule has 0 radical (unpaired) electrons. The molecule has 0 spiro atoms. The highest BCUT2D eigenvalue weighted by Crippen LogP contribution is 2.39. The molecule has 4 aromatic rings. The Hall–Kier alpha value is -2.78. The van der Waals surface area contributed by atoms with E-state index in [1.165, 1.54) is 26.4 Å². The van der Waals surface area contributed by atoms with Crippen LogP contribution in [0, 0.1) is 19.8 Å². The van der Waals surface area contributed by atoms with Crippen molar-refractivity contribution in [1.29, 1.82) is 0 Å². The van der Waals surface area contributed by atoms with Gasteiger partial charge in [-0.25, -0.2) is 9.67 Å². The minimum atomic E-state index is -0.599. The minimum absolute atomic E-state index is 0.369. The normalized spacial score (nSPS) is 17.8. The van der Waals surface area contributed by atoms with Crippen molar-refractivity contribution in [3.63, 3.8) is 0 Å². The number of rotatable bonds is 6. The van der Waals surface area contributed by atoms with E-state index in [9.17, 15) is 5.11 Å². The molecule has 1 aromatic carbocycles. The average Bonchev–Trinajstić information content (AvgIpc) is 3.54. The van der Waals surface area contributed by atoms with Gasteiger partial charge >= 0.3 is 0 Å². The van der Waals surface area contributed by atoms with Crippen LogP contribution in [0.15, 0.2) is 42.6 Å². The standard InChI is InChI=1S/C31H39N5O2S/c1-21-6-5-7-23(18-21)25-10-13-36(33-25)28-19-26(35-14-16-38-17-15-35)30-29(32-28)22(2)27(39-30)20-34-11-8-24(9-12-34)31(3,4)37/h5-7,10,13,18-19,24,37H,8-9,11-12,14-17,20H2,1-4H3. The number of ether oxygens (including phenoxy) is 1. The second kappa shape index (κ2) is 10.7. The van der Waals surface area contributed by atoms with Crippen LogP contribution in [0.25, 0.3) is 27.3 Å². The molecule has 206 valence electrons. The average molecular weight is 546 g/mol. The molecule has 0 atom stereocenters. The van der Waals surface area contributed by atoms with Crippen molar-refractivity contribution in [2.24, 2.45) is 5.92 Å². The van der Waals surface area contributed by atoms with Crippen LogP contribution in [-0.2, 0) is 11.3 Å². The molecule has 3 aromatic heterocycles. The summed E-state index contributed by atoms with van der Waals surface area (Å²) in [5.41, 5.74) is 6.26. The van der Waals surface area contributed by atoms with E-state index >= 15 is 0 Å². The van der Waals surface area contributed by atoms with Gasteiger partial charge < -0.3 is 14.7 Å². The van der Waals surface area contributed by atoms with Crippen LogP contribution in [0.1, 0.15) is 42.7 Å². The maximum Gasteiger partial charge on any atom is 0.156 e. The number of thiophene rings is 1. The van der Waals surface area contributed by atoms with Gasteiger partial charge in [0, 0.05) is 42.3 Å². The third-order valence-electron chi connectivity index (χ3n) is 8.38. The quantitative estimate of drug-likeness (QED) is 0.341. The summed E-state index contributed by atoms with van der Waals surface area (Å²) in [6.45, 7) is 14.4. The Kier molecular flexibility index (Phi) is 7.22. The maximum absolute atomic E-state index is 10.5.